The molecular formula is C122H76O2. The molecule has 23 aromatic carbocycles. The molecule has 0 aliphatic carbocycles. The summed E-state index contributed by atoms with van der Waals surface area (Å²) in [6.07, 6.45) is 0. The molecule has 0 N–H and O–H groups in total. The van der Waals surface area contributed by atoms with Crippen LogP contribution in [0.25, 0.3) is 252 Å². The fourth-order valence-corrected chi connectivity index (χ4v) is 20.3. The van der Waals surface area contributed by atoms with E-state index >= 15 is 0 Å². The van der Waals surface area contributed by atoms with E-state index < -0.39 is 0 Å². The maximum Gasteiger partial charge on any atom is 0.143 e. The lowest BCUT2D eigenvalue weighted by Gasteiger charge is -2.19. The maximum atomic E-state index is 6.99. The first-order valence-corrected chi connectivity index (χ1v) is 42.8. The second-order valence-electron chi connectivity index (χ2n) is 32.6. The number of hydrogen-bond acceptors (Lipinski definition) is 2. The second kappa shape index (κ2) is 29.9. The molecule has 0 bridgehead atoms. The standard InChI is InChI=1S/C64H40O.C58H36O/c1-4-19-41(20-5-1)45-37-46(42-21-6-2-7-22-42)39-47(38-45)62-50-27-12-10-25-48(50)61(49-26-11-13-28-51(49)62)44-35-36-59-58(40-44)56-33-18-34-57(64(56)65-59)63-54-31-16-14-29-52(54)60(43-23-8-3-9-24-43)53-30-15-17-32-55(53)63;1-3-17-37(18-4-1)39-21-15-22-40(35-39)55-42-23-7-9-25-44(42)56(45-26-10-8-24-43(45)55)41-33-34-53-52(36-41)50-31-16-32-51(58(50)59-53)57-48-29-13-11-27-46(48)54(38-19-5-2-6-20-38)47-28-12-14-30-49(47)57/h1-40H;1-36H. The zero-order valence-electron chi connectivity index (χ0n) is 67.7. The first kappa shape index (κ1) is 71.8. The Labute approximate surface area is 717 Å². The quantitative estimate of drug-likeness (QED) is 0.121. The molecule has 0 spiro atoms. The Morgan fingerprint density at radius 3 is 0.613 bits per heavy atom. The van der Waals surface area contributed by atoms with E-state index in [0.717, 1.165) is 60.6 Å². The van der Waals surface area contributed by atoms with Gasteiger partial charge < -0.3 is 8.83 Å². The predicted molar refractivity (Wildman–Crippen MR) is 527 cm³/mol. The summed E-state index contributed by atoms with van der Waals surface area (Å²) in [7, 11) is 0. The molecule has 124 heavy (non-hydrogen) atoms. The molecule has 0 atom stereocenters. The third-order valence-corrected chi connectivity index (χ3v) is 25.7. The Kier molecular flexibility index (Phi) is 17.3. The number of fused-ring (bicyclic) bond motifs is 14. The summed E-state index contributed by atoms with van der Waals surface area (Å²) in [5.41, 5.74) is 30.1. The van der Waals surface area contributed by atoms with Crippen molar-refractivity contribution in [2.75, 3.05) is 0 Å². The summed E-state index contributed by atoms with van der Waals surface area (Å²) in [5.74, 6) is 0. The van der Waals surface area contributed by atoms with Gasteiger partial charge in [-0.1, -0.05) is 413 Å². The summed E-state index contributed by atoms with van der Waals surface area (Å²) >= 11 is 0. The summed E-state index contributed by atoms with van der Waals surface area (Å²) in [4.78, 5) is 0. The van der Waals surface area contributed by atoms with E-state index in [4.69, 9.17) is 8.83 Å². The minimum atomic E-state index is 0.877. The van der Waals surface area contributed by atoms with E-state index in [9.17, 15) is 0 Å². The van der Waals surface area contributed by atoms with Gasteiger partial charge in [-0.2, -0.15) is 0 Å². The Hall–Kier alpha value is -16.3. The van der Waals surface area contributed by atoms with Crippen LogP contribution in [0, 0.1) is 0 Å². The van der Waals surface area contributed by atoms with Gasteiger partial charge in [-0.3, -0.25) is 0 Å². The van der Waals surface area contributed by atoms with Gasteiger partial charge in [0.15, 0.2) is 0 Å². The van der Waals surface area contributed by atoms with Crippen LogP contribution in [0.2, 0.25) is 0 Å². The molecule has 0 saturated carbocycles. The molecule has 0 aliphatic rings. The summed E-state index contributed by atoms with van der Waals surface area (Å²) in [6, 6.07) is 168. The van der Waals surface area contributed by atoms with Crippen molar-refractivity contribution >= 4 is 130 Å². The smallest absolute Gasteiger partial charge is 0.143 e. The first-order chi connectivity index (χ1) is 61.6. The lowest BCUT2D eigenvalue weighted by atomic mass is 9.84. The molecule has 0 saturated heterocycles. The van der Waals surface area contributed by atoms with Crippen molar-refractivity contribution in [1.82, 2.24) is 0 Å². The van der Waals surface area contributed by atoms with Crippen molar-refractivity contribution in [2.45, 2.75) is 0 Å². The number of benzene rings is 23. The average Bonchev–Trinajstić information content (AvgIpc) is 1.75. The Morgan fingerprint density at radius 2 is 0.306 bits per heavy atom. The molecule has 0 aliphatic heterocycles. The van der Waals surface area contributed by atoms with Crippen LogP contribution in [0.5, 0.6) is 0 Å². The van der Waals surface area contributed by atoms with E-state index in [1.165, 1.54) is 192 Å². The molecule has 0 amide bonds. The molecule has 0 radical (unpaired) electrons. The maximum absolute atomic E-state index is 6.99. The highest BCUT2D eigenvalue weighted by Gasteiger charge is 2.27. The highest BCUT2D eigenvalue weighted by molar-refractivity contribution is 6.29. The van der Waals surface area contributed by atoms with Gasteiger partial charge >= 0.3 is 0 Å². The second-order valence-corrected chi connectivity index (χ2v) is 32.6. The van der Waals surface area contributed by atoms with Crippen LogP contribution < -0.4 is 0 Å². The SMILES string of the molecule is c1ccc(-c2cc(-c3ccccc3)cc(-c3c4ccccc4c(-c4ccc5oc6c(-c7c8ccccc8c(-c8ccccc8)c8ccccc78)cccc6c5c4)c4ccccc34)c2)cc1.c1ccc(-c2cccc(-c3c4ccccc4c(-c4ccc5oc6c(-c7c8ccccc8c(-c8ccccc8)c8ccccc78)cccc6c5c4)c4ccccc34)c2)cc1. The summed E-state index contributed by atoms with van der Waals surface area (Å²) < 4.78 is 13.9. The lowest BCUT2D eigenvalue weighted by molar-refractivity contribution is 0.670. The van der Waals surface area contributed by atoms with E-state index in [1.54, 1.807) is 0 Å². The summed E-state index contributed by atoms with van der Waals surface area (Å²) in [5, 5.41) is 24.0. The van der Waals surface area contributed by atoms with Gasteiger partial charge in [-0.25, -0.2) is 0 Å². The van der Waals surface area contributed by atoms with E-state index in [1.807, 2.05) is 0 Å². The molecule has 0 unspecified atom stereocenters. The number of furan rings is 2. The van der Waals surface area contributed by atoms with Gasteiger partial charge in [0.25, 0.3) is 0 Å². The van der Waals surface area contributed by atoms with Crippen molar-refractivity contribution in [2.24, 2.45) is 0 Å². The molecule has 2 heteroatoms. The third kappa shape index (κ3) is 11.9. The van der Waals surface area contributed by atoms with Gasteiger partial charge in [0.05, 0.1) is 0 Å². The van der Waals surface area contributed by atoms with E-state index in [2.05, 4.69) is 461 Å². The van der Waals surface area contributed by atoms with E-state index in [0.29, 0.717) is 0 Å². The zero-order valence-corrected chi connectivity index (χ0v) is 67.7. The fraction of sp³-hybridized carbons (Fsp3) is 0. The van der Waals surface area contributed by atoms with Crippen LogP contribution in [0.15, 0.2) is 470 Å². The van der Waals surface area contributed by atoms with Crippen LogP contribution in [0.3, 0.4) is 0 Å². The third-order valence-electron chi connectivity index (χ3n) is 25.7. The molecule has 576 valence electrons. The van der Waals surface area contributed by atoms with Crippen molar-refractivity contribution < 1.29 is 8.83 Å². The number of para-hydroxylation sites is 2. The van der Waals surface area contributed by atoms with Crippen molar-refractivity contribution in [1.29, 1.82) is 0 Å². The van der Waals surface area contributed by atoms with Crippen LogP contribution in [0.1, 0.15) is 0 Å². The number of hydrogen-bond donors (Lipinski definition) is 0. The molecular weight excluding hydrogens is 1500 g/mol. The minimum Gasteiger partial charge on any atom is -0.455 e. The number of rotatable bonds is 11. The largest absolute Gasteiger partial charge is 0.455 e. The molecule has 2 aromatic heterocycles. The fourth-order valence-electron chi connectivity index (χ4n) is 20.3. The average molecular weight is 1570 g/mol. The van der Waals surface area contributed by atoms with Gasteiger partial charge in [-0.15, -0.1) is 0 Å². The van der Waals surface area contributed by atoms with Gasteiger partial charge in [0.1, 0.15) is 22.3 Å². The molecule has 0 fully saturated rings. The van der Waals surface area contributed by atoms with Gasteiger partial charge in [0.2, 0.25) is 0 Å². The van der Waals surface area contributed by atoms with Crippen molar-refractivity contribution in [3.63, 3.8) is 0 Å². The molecule has 2 nitrogen and oxygen atoms in total. The monoisotopic (exact) mass is 1570 g/mol. The Morgan fingerprint density at radius 1 is 0.105 bits per heavy atom. The molecule has 25 aromatic rings. The van der Waals surface area contributed by atoms with Gasteiger partial charge in [0, 0.05) is 43.8 Å². The Bertz CT molecular complexity index is 8290. The van der Waals surface area contributed by atoms with Crippen LogP contribution in [-0.4, -0.2) is 0 Å². The Balaban J connectivity index is 0.000000140. The topological polar surface area (TPSA) is 26.3 Å². The highest BCUT2D eigenvalue weighted by Crippen LogP contribution is 2.53. The van der Waals surface area contributed by atoms with E-state index in [-0.39, 0.29) is 0 Å². The van der Waals surface area contributed by atoms with Crippen LogP contribution in [0.4, 0.5) is 0 Å². The molecule has 2 heterocycles. The highest BCUT2D eigenvalue weighted by atomic mass is 16.3. The van der Waals surface area contributed by atoms with Gasteiger partial charge in [-0.05, 0) is 235 Å². The van der Waals surface area contributed by atoms with Crippen LogP contribution >= 0.6 is 0 Å². The van der Waals surface area contributed by atoms with Crippen molar-refractivity contribution in [3.05, 3.63) is 461 Å². The minimum absolute atomic E-state index is 0.877. The lowest BCUT2D eigenvalue weighted by Crippen LogP contribution is -1.92. The summed E-state index contributed by atoms with van der Waals surface area (Å²) in [6.45, 7) is 0. The zero-order chi connectivity index (χ0) is 81.7. The normalized spacial score (nSPS) is 11.7. The van der Waals surface area contributed by atoms with Crippen molar-refractivity contribution in [3.8, 4) is 122 Å². The van der Waals surface area contributed by atoms with Crippen LogP contribution in [-0.2, 0) is 0 Å². The molecule has 25 rings (SSSR count). The predicted octanol–water partition coefficient (Wildman–Crippen LogP) is 34.7. The first-order valence-electron chi connectivity index (χ1n) is 42.8.